The van der Waals surface area contributed by atoms with Crippen LogP contribution in [-0.4, -0.2) is 12.0 Å². The molecule has 0 aliphatic carbocycles. The monoisotopic (exact) mass is 371 g/mol. The summed E-state index contributed by atoms with van der Waals surface area (Å²) in [6.07, 6.45) is 0. The number of hydrogen-bond donors (Lipinski definition) is 0. The highest BCUT2D eigenvalue weighted by Gasteiger charge is 2.17. The van der Waals surface area contributed by atoms with Crippen molar-refractivity contribution in [2.24, 2.45) is 0 Å². The first-order valence-electron chi connectivity index (χ1n) is 5.90. The van der Waals surface area contributed by atoms with E-state index in [-0.39, 0.29) is 11.4 Å². The minimum Gasteiger partial charge on any atom is -0.496 e. The van der Waals surface area contributed by atoms with Gasteiger partial charge in [-0.1, -0.05) is 22.0 Å². The molecule has 0 bridgehead atoms. The molecule has 0 saturated heterocycles. The number of methoxy groups -OCH3 is 1. The third kappa shape index (κ3) is 3.65. The molecule has 21 heavy (non-hydrogen) atoms. The second kappa shape index (κ2) is 6.78. The molecule has 2 aromatic rings. The Bertz CT molecular complexity index is 678. The van der Waals surface area contributed by atoms with Gasteiger partial charge in [-0.2, -0.15) is 0 Å². The Kier molecular flexibility index (Phi) is 5.03. The van der Waals surface area contributed by atoms with Crippen molar-refractivity contribution < 1.29 is 14.4 Å². The van der Waals surface area contributed by atoms with Crippen molar-refractivity contribution in [2.45, 2.75) is 5.88 Å². The molecule has 0 atom stereocenters. The predicted molar refractivity (Wildman–Crippen MR) is 83.4 cm³/mol. The smallest absolute Gasteiger partial charge is 0.315 e. The molecule has 110 valence electrons. The van der Waals surface area contributed by atoms with Crippen molar-refractivity contribution in [1.82, 2.24) is 0 Å². The van der Waals surface area contributed by atoms with E-state index >= 15 is 0 Å². The van der Waals surface area contributed by atoms with Crippen LogP contribution in [0.5, 0.6) is 17.2 Å². The molecule has 0 fully saturated rings. The molecular formula is C14H11BrClNO4. The van der Waals surface area contributed by atoms with Gasteiger partial charge in [0.15, 0.2) is 0 Å². The first-order chi connectivity index (χ1) is 10.0. The summed E-state index contributed by atoms with van der Waals surface area (Å²) in [5.41, 5.74) is 0.750. The van der Waals surface area contributed by atoms with Gasteiger partial charge in [0, 0.05) is 10.4 Å². The van der Waals surface area contributed by atoms with Crippen molar-refractivity contribution in [3.05, 3.63) is 56.5 Å². The van der Waals surface area contributed by atoms with Crippen molar-refractivity contribution in [3.63, 3.8) is 0 Å². The van der Waals surface area contributed by atoms with Crippen LogP contribution in [0.3, 0.4) is 0 Å². The van der Waals surface area contributed by atoms with Gasteiger partial charge in [0.05, 0.1) is 18.1 Å². The summed E-state index contributed by atoms with van der Waals surface area (Å²) in [7, 11) is 1.45. The molecule has 0 N–H and O–H groups in total. The van der Waals surface area contributed by atoms with E-state index in [1.807, 2.05) is 0 Å². The van der Waals surface area contributed by atoms with E-state index in [4.69, 9.17) is 21.1 Å². The summed E-state index contributed by atoms with van der Waals surface area (Å²) in [6, 6.07) is 9.63. The molecule has 5 nitrogen and oxygen atoms in total. The molecule has 2 rings (SSSR count). The third-order valence-electron chi connectivity index (χ3n) is 2.76. The lowest BCUT2D eigenvalue weighted by atomic mass is 10.2. The van der Waals surface area contributed by atoms with Crippen molar-refractivity contribution in [2.75, 3.05) is 7.11 Å². The Hall–Kier alpha value is -1.79. The van der Waals surface area contributed by atoms with Crippen LogP contribution in [0.15, 0.2) is 40.9 Å². The topological polar surface area (TPSA) is 61.6 Å². The van der Waals surface area contributed by atoms with Gasteiger partial charge in [0.1, 0.15) is 11.5 Å². The summed E-state index contributed by atoms with van der Waals surface area (Å²) < 4.78 is 11.3. The summed E-state index contributed by atoms with van der Waals surface area (Å²) in [4.78, 5) is 10.6. The van der Waals surface area contributed by atoms with Crippen molar-refractivity contribution in [3.8, 4) is 17.2 Å². The number of hydrogen-bond acceptors (Lipinski definition) is 4. The molecule has 0 aliphatic rings. The summed E-state index contributed by atoms with van der Waals surface area (Å²) >= 11 is 9.14. The Morgan fingerprint density at radius 1 is 1.24 bits per heavy atom. The molecule has 0 unspecified atom stereocenters. The van der Waals surface area contributed by atoms with Crippen LogP contribution >= 0.6 is 27.5 Å². The number of rotatable bonds is 5. The van der Waals surface area contributed by atoms with Crippen LogP contribution in [0.1, 0.15) is 5.56 Å². The predicted octanol–water partition coefficient (Wildman–Crippen LogP) is 4.90. The van der Waals surface area contributed by atoms with Crippen LogP contribution in [-0.2, 0) is 5.88 Å². The fraction of sp³-hybridized carbons (Fsp3) is 0.143. The van der Waals surface area contributed by atoms with Crippen molar-refractivity contribution >= 4 is 33.2 Å². The zero-order valence-corrected chi connectivity index (χ0v) is 13.3. The SMILES string of the molecule is COc1ccc(Oc2ccc(CCl)c(Br)c2)c([N+](=O)[O-])c1. The average molecular weight is 373 g/mol. The summed E-state index contributed by atoms with van der Waals surface area (Å²) in [5, 5.41) is 11.1. The van der Waals surface area contributed by atoms with Crippen LogP contribution in [0.4, 0.5) is 5.69 Å². The zero-order valence-electron chi connectivity index (χ0n) is 11.0. The van der Waals surface area contributed by atoms with E-state index in [2.05, 4.69) is 15.9 Å². The van der Waals surface area contributed by atoms with Crippen molar-refractivity contribution in [1.29, 1.82) is 0 Å². The molecule has 0 radical (unpaired) electrons. The first-order valence-corrected chi connectivity index (χ1v) is 7.22. The Morgan fingerprint density at radius 3 is 2.52 bits per heavy atom. The zero-order chi connectivity index (χ0) is 15.4. The van der Waals surface area contributed by atoms with Crippen LogP contribution in [0.2, 0.25) is 0 Å². The van der Waals surface area contributed by atoms with E-state index in [0.29, 0.717) is 17.4 Å². The second-order valence-electron chi connectivity index (χ2n) is 4.08. The standard InChI is InChI=1S/C14H11BrClNO4/c1-20-10-4-5-14(13(7-10)17(18)19)21-11-3-2-9(8-16)12(15)6-11/h2-7H,8H2,1H3. The van der Waals surface area contributed by atoms with Gasteiger partial charge in [-0.15, -0.1) is 11.6 Å². The molecule has 0 amide bonds. The van der Waals surface area contributed by atoms with Crippen LogP contribution < -0.4 is 9.47 Å². The Morgan fingerprint density at radius 2 is 1.95 bits per heavy atom. The second-order valence-corrected chi connectivity index (χ2v) is 5.20. The lowest BCUT2D eigenvalue weighted by Gasteiger charge is -2.09. The average Bonchev–Trinajstić information content (AvgIpc) is 2.47. The van der Waals surface area contributed by atoms with Crippen LogP contribution in [0, 0.1) is 10.1 Å². The number of ether oxygens (including phenoxy) is 2. The van der Waals surface area contributed by atoms with E-state index in [0.717, 1.165) is 10.0 Å². The molecular weight excluding hydrogens is 362 g/mol. The maximum absolute atomic E-state index is 11.1. The Balaban J connectivity index is 2.35. The largest absolute Gasteiger partial charge is 0.496 e. The maximum atomic E-state index is 11.1. The highest BCUT2D eigenvalue weighted by molar-refractivity contribution is 9.10. The fourth-order valence-electron chi connectivity index (χ4n) is 1.68. The number of nitro groups is 1. The molecule has 2 aromatic carbocycles. The number of benzene rings is 2. The number of alkyl halides is 1. The number of halogens is 2. The molecule has 0 aliphatic heterocycles. The molecule has 0 heterocycles. The molecule has 7 heteroatoms. The molecule has 0 saturated carbocycles. The highest BCUT2D eigenvalue weighted by atomic mass is 79.9. The van der Waals surface area contributed by atoms with Gasteiger partial charge in [0.25, 0.3) is 0 Å². The van der Waals surface area contributed by atoms with Crippen LogP contribution in [0.25, 0.3) is 0 Å². The lowest BCUT2D eigenvalue weighted by molar-refractivity contribution is -0.385. The molecule has 0 aromatic heterocycles. The molecule has 0 spiro atoms. The lowest BCUT2D eigenvalue weighted by Crippen LogP contribution is -1.95. The van der Waals surface area contributed by atoms with Gasteiger partial charge in [0.2, 0.25) is 5.75 Å². The quantitative estimate of drug-likeness (QED) is 0.425. The highest BCUT2D eigenvalue weighted by Crippen LogP contribution is 2.35. The maximum Gasteiger partial charge on any atom is 0.315 e. The van der Waals surface area contributed by atoms with E-state index in [9.17, 15) is 10.1 Å². The minimum atomic E-state index is -0.514. The first kappa shape index (κ1) is 15.6. The normalized spacial score (nSPS) is 10.2. The number of nitrogens with zero attached hydrogens (tertiary/aromatic N) is 1. The van der Waals surface area contributed by atoms with E-state index < -0.39 is 4.92 Å². The van der Waals surface area contributed by atoms with E-state index in [1.54, 1.807) is 24.3 Å². The minimum absolute atomic E-state index is 0.145. The fourth-order valence-corrected chi connectivity index (χ4v) is 2.57. The van der Waals surface area contributed by atoms with Gasteiger partial charge in [-0.25, -0.2) is 0 Å². The van der Waals surface area contributed by atoms with Gasteiger partial charge in [-0.3, -0.25) is 10.1 Å². The number of nitro benzene ring substituents is 1. The van der Waals surface area contributed by atoms with Gasteiger partial charge >= 0.3 is 5.69 Å². The van der Waals surface area contributed by atoms with Gasteiger partial charge in [-0.05, 0) is 29.8 Å². The Labute approximate surface area is 134 Å². The third-order valence-corrected chi connectivity index (χ3v) is 3.79. The van der Waals surface area contributed by atoms with Gasteiger partial charge < -0.3 is 9.47 Å². The summed E-state index contributed by atoms with van der Waals surface area (Å²) in [6.45, 7) is 0. The summed E-state index contributed by atoms with van der Waals surface area (Å²) in [5.74, 6) is 1.38. The van der Waals surface area contributed by atoms with E-state index in [1.165, 1.54) is 19.2 Å².